The number of rotatable bonds is 3. The van der Waals surface area contributed by atoms with E-state index in [4.69, 9.17) is 10.5 Å². The topological polar surface area (TPSA) is 38.5 Å². The third kappa shape index (κ3) is 3.46. The van der Waals surface area contributed by atoms with Gasteiger partial charge in [-0.15, -0.1) is 12.4 Å². The van der Waals surface area contributed by atoms with Crippen LogP contribution in [0.4, 0.5) is 5.69 Å². The van der Waals surface area contributed by atoms with E-state index in [-0.39, 0.29) is 18.4 Å². The lowest BCUT2D eigenvalue weighted by Crippen LogP contribution is -2.27. The van der Waals surface area contributed by atoms with Gasteiger partial charge in [-0.3, -0.25) is 0 Å². The van der Waals surface area contributed by atoms with Gasteiger partial charge in [0.05, 0.1) is 0 Å². The Morgan fingerprint density at radius 2 is 1.65 bits per heavy atom. The van der Waals surface area contributed by atoms with Gasteiger partial charge >= 0.3 is 0 Å². The number of benzene rings is 1. The Balaban J connectivity index is 0.00000147. The van der Waals surface area contributed by atoms with Crippen molar-refractivity contribution in [1.29, 1.82) is 0 Å². The largest absolute Gasteiger partial charge is 0.381 e. The quantitative estimate of drug-likeness (QED) is 0.931. The van der Waals surface area contributed by atoms with Crippen LogP contribution in [0.25, 0.3) is 0 Å². The van der Waals surface area contributed by atoms with E-state index < -0.39 is 0 Å². The van der Waals surface area contributed by atoms with Gasteiger partial charge < -0.3 is 15.4 Å². The van der Waals surface area contributed by atoms with Gasteiger partial charge in [-0.25, -0.2) is 0 Å². The molecule has 2 saturated heterocycles. The Bertz CT molecular complexity index is 397. The molecule has 112 valence electrons. The molecule has 0 bridgehead atoms. The van der Waals surface area contributed by atoms with Crippen molar-refractivity contribution in [2.45, 2.75) is 31.7 Å². The highest BCUT2D eigenvalue weighted by atomic mass is 35.5. The van der Waals surface area contributed by atoms with Crippen molar-refractivity contribution in [3.63, 3.8) is 0 Å². The van der Waals surface area contributed by atoms with Gasteiger partial charge in [0.1, 0.15) is 0 Å². The second-order valence-corrected chi connectivity index (χ2v) is 5.76. The van der Waals surface area contributed by atoms with Crippen LogP contribution in [0, 0.1) is 5.92 Å². The molecule has 20 heavy (non-hydrogen) atoms. The number of nitrogens with two attached hydrogens (primary N) is 1. The number of anilines is 1. The van der Waals surface area contributed by atoms with Crippen molar-refractivity contribution < 1.29 is 4.74 Å². The van der Waals surface area contributed by atoms with E-state index in [1.807, 2.05) is 0 Å². The number of ether oxygens (including phenoxy) is 1. The summed E-state index contributed by atoms with van der Waals surface area (Å²) in [5.41, 5.74) is 9.02. The fraction of sp³-hybridized carbons (Fsp3) is 0.625. The van der Waals surface area contributed by atoms with Crippen molar-refractivity contribution in [1.82, 2.24) is 0 Å². The van der Waals surface area contributed by atoms with Crippen molar-refractivity contribution in [2.24, 2.45) is 11.7 Å². The summed E-state index contributed by atoms with van der Waals surface area (Å²) in [5.74, 6) is 0.575. The molecule has 4 heteroatoms. The maximum Gasteiger partial charge on any atom is 0.0469 e. The van der Waals surface area contributed by atoms with Crippen LogP contribution >= 0.6 is 12.4 Å². The number of halogens is 1. The highest BCUT2D eigenvalue weighted by molar-refractivity contribution is 5.85. The molecule has 2 aliphatic heterocycles. The Labute approximate surface area is 127 Å². The molecular weight excluding hydrogens is 272 g/mol. The third-order valence-corrected chi connectivity index (χ3v) is 4.52. The first-order valence-corrected chi connectivity index (χ1v) is 7.53. The molecule has 0 radical (unpaired) electrons. The Morgan fingerprint density at radius 3 is 2.25 bits per heavy atom. The van der Waals surface area contributed by atoms with Gasteiger partial charge in [-0.05, 0) is 49.3 Å². The first-order valence-electron chi connectivity index (χ1n) is 7.53. The van der Waals surface area contributed by atoms with Crippen molar-refractivity contribution in [3.05, 3.63) is 29.8 Å². The van der Waals surface area contributed by atoms with Crippen LogP contribution < -0.4 is 10.6 Å². The Morgan fingerprint density at radius 1 is 1.05 bits per heavy atom. The molecular formula is C16H25ClN2O. The van der Waals surface area contributed by atoms with E-state index in [1.54, 1.807) is 0 Å². The van der Waals surface area contributed by atoms with Crippen LogP contribution in [0.15, 0.2) is 24.3 Å². The van der Waals surface area contributed by atoms with Gasteiger partial charge in [-0.2, -0.15) is 0 Å². The molecule has 1 aromatic rings. The van der Waals surface area contributed by atoms with Crippen molar-refractivity contribution in [3.8, 4) is 0 Å². The van der Waals surface area contributed by atoms with E-state index in [0.29, 0.717) is 5.92 Å². The lowest BCUT2D eigenvalue weighted by Gasteiger charge is -2.28. The second kappa shape index (κ2) is 7.30. The van der Waals surface area contributed by atoms with Gasteiger partial charge in [0.25, 0.3) is 0 Å². The van der Waals surface area contributed by atoms with Crippen LogP contribution in [-0.2, 0) is 4.74 Å². The summed E-state index contributed by atoms with van der Waals surface area (Å²) in [7, 11) is 0. The summed E-state index contributed by atoms with van der Waals surface area (Å²) >= 11 is 0. The molecule has 0 spiro atoms. The monoisotopic (exact) mass is 296 g/mol. The van der Waals surface area contributed by atoms with Gasteiger partial charge in [-0.1, -0.05) is 12.1 Å². The predicted octanol–water partition coefficient (Wildman–Crippen LogP) is 3.14. The zero-order valence-corrected chi connectivity index (χ0v) is 12.8. The normalized spacial score (nSPS) is 21.6. The average Bonchev–Trinajstić information content (AvgIpc) is 3.02. The van der Waals surface area contributed by atoms with Crippen LogP contribution in [0.1, 0.15) is 37.3 Å². The highest BCUT2D eigenvalue weighted by Gasteiger charge is 2.22. The molecule has 2 aliphatic rings. The molecule has 2 N–H and O–H groups in total. The summed E-state index contributed by atoms with van der Waals surface area (Å²) < 4.78 is 5.41. The molecule has 2 heterocycles. The minimum atomic E-state index is 0. The van der Waals surface area contributed by atoms with Gasteiger partial charge in [0.15, 0.2) is 0 Å². The fourth-order valence-electron chi connectivity index (χ4n) is 3.23. The summed E-state index contributed by atoms with van der Waals surface area (Å²) in [5, 5.41) is 0. The minimum absolute atomic E-state index is 0. The van der Waals surface area contributed by atoms with Crippen LogP contribution in [0.5, 0.6) is 0 Å². The maximum absolute atomic E-state index is 6.40. The van der Waals surface area contributed by atoms with E-state index in [0.717, 1.165) is 26.1 Å². The molecule has 0 aromatic heterocycles. The average molecular weight is 297 g/mol. The van der Waals surface area contributed by atoms with Crippen molar-refractivity contribution >= 4 is 18.1 Å². The molecule has 0 amide bonds. The minimum Gasteiger partial charge on any atom is -0.381 e. The molecule has 1 atom stereocenters. The smallest absolute Gasteiger partial charge is 0.0469 e. The number of hydrogen-bond acceptors (Lipinski definition) is 3. The third-order valence-electron chi connectivity index (χ3n) is 4.52. The summed E-state index contributed by atoms with van der Waals surface area (Å²) in [6.07, 6.45) is 4.83. The molecule has 1 aromatic carbocycles. The number of nitrogens with zero attached hydrogens (tertiary/aromatic N) is 1. The SMILES string of the molecule is Cl.N[C@H](c1ccc(N2CCCC2)cc1)C1CCOCC1. The maximum atomic E-state index is 6.40. The summed E-state index contributed by atoms with van der Waals surface area (Å²) in [6, 6.07) is 9.07. The molecule has 0 aliphatic carbocycles. The molecule has 0 saturated carbocycles. The predicted molar refractivity (Wildman–Crippen MR) is 85.6 cm³/mol. The first kappa shape index (κ1) is 15.6. The molecule has 2 fully saturated rings. The second-order valence-electron chi connectivity index (χ2n) is 5.76. The van der Waals surface area contributed by atoms with E-state index in [9.17, 15) is 0 Å². The van der Waals surface area contributed by atoms with Crippen LogP contribution in [0.3, 0.4) is 0 Å². The van der Waals surface area contributed by atoms with E-state index in [1.165, 1.54) is 37.2 Å². The Hall–Kier alpha value is -0.770. The lowest BCUT2D eigenvalue weighted by atomic mass is 9.88. The van der Waals surface area contributed by atoms with Crippen molar-refractivity contribution in [2.75, 3.05) is 31.2 Å². The fourth-order valence-corrected chi connectivity index (χ4v) is 3.23. The van der Waals surface area contributed by atoms with Gasteiger partial charge in [0.2, 0.25) is 0 Å². The molecule has 0 unspecified atom stereocenters. The van der Waals surface area contributed by atoms with Crippen LogP contribution in [-0.4, -0.2) is 26.3 Å². The molecule has 3 nitrogen and oxygen atoms in total. The zero-order valence-electron chi connectivity index (χ0n) is 12.0. The Kier molecular flexibility index (Phi) is 5.70. The van der Waals surface area contributed by atoms with Crippen LogP contribution in [0.2, 0.25) is 0 Å². The summed E-state index contributed by atoms with van der Waals surface area (Å²) in [4.78, 5) is 2.46. The van der Waals surface area contributed by atoms with Gasteiger partial charge in [0, 0.05) is 38.0 Å². The highest BCUT2D eigenvalue weighted by Crippen LogP contribution is 2.29. The molecule has 3 rings (SSSR count). The standard InChI is InChI=1S/C16H24N2O.ClH/c17-16(14-7-11-19-12-8-14)13-3-5-15(6-4-13)18-9-1-2-10-18;/h3-6,14,16H,1-2,7-12,17H2;1H/t16-;/m1./s1. The first-order chi connectivity index (χ1) is 9.34. The van der Waals surface area contributed by atoms with E-state index in [2.05, 4.69) is 29.2 Å². The summed E-state index contributed by atoms with van der Waals surface area (Å²) in [6.45, 7) is 4.13. The zero-order chi connectivity index (χ0) is 13.1. The van der Waals surface area contributed by atoms with E-state index >= 15 is 0 Å². The number of hydrogen-bond donors (Lipinski definition) is 1. The lowest BCUT2D eigenvalue weighted by molar-refractivity contribution is 0.0584.